The number of carboxylic acid groups (broad SMARTS) is 1. The van der Waals surface area contributed by atoms with Gasteiger partial charge in [0.05, 0.1) is 19.0 Å². The summed E-state index contributed by atoms with van der Waals surface area (Å²) in [4.78, 5) is 16.4. The first kappa shape index (κ1) is 26.4. The second-order valence-electron chi connectivity index (χ2n) is 9.71. The van der Waals surface area contributed by atoms with Gasteiger partial charge in [0.1, 0.15) is 17.5 Å². The fourth-order valence-corrected chi connectivity index (χ4v) is 5.82. The predicted molar refractivity (Wildman–Crippen MR) is 130 cm³/mol. The molecule has 0 spiro atoms. The van der Waals surface area contributed by atoms with Crippen molar-refractivity contribution in [3.05, 3.63) is 41.3 Å². The average molecular weight is 493 g/mol. The first-order valence-electron chi connectivity index (χ1n) is 11.8. The smallest absolute Gasteiger partial charge is 0.322 e. The van der Waals surface area contributed by atoms with E-state index in [-0.39, 0.29) is 24.5 Å². The van der Waals surface area contributed by atoms with Crippen LogP contribution in [0.1, 0.15) is 56.5 Å². The molecule has 34 heavy (non-hydrogen) atoms. The van der Waals surface area contributed by atoms with Crippen LogP contribution in [-0.4, -0.2) is 53.7 Å². The molecule has 8 nitrogen and oxygen atoms in total. The fraction of sp³-hybridized carbons (Fsp3) is 0.600. The van der Waals surface area contributed by atoms with E-state index in [0.717, 1.165) is 41.1 Å². The van der Waals surface area contributed by atoms with Crippen LogP contribution in [0.4, 0.5) is 0 Å². The van der Waals surface area contributed by atoms with Crippen LogP contribution in [0, 0.1) is 25.7 Å². The molecule has 3 rings (SSSR count). The Balaban J connectivity index is 1.64. The lowest BCUT2D eigenvalue weighted by molar-refractivity contribution is -0.143. The molecule has 0 saturated heterocycles. The molecular weight excluding hydrogens is 456 g/mol. The van der Waals surface area contributed by atoms with E-state index in [1.807, 2.05) is 38.1 Å². The summed E-state index contributed by atoms with van der Waals surface area (Å²) in [5, 5.41) is 9.65. The molecule has 3 unspecified atom stereocenters. The van der Waals surface area contributed by atoms with Gasteiger partial charge in [-0.05, 0) is 57.1 Å². The van der Waals surface area contributed by atoms with Crippen molar-refractivity contribution in [3.8, 4) is 11.5 Å². The highest BCUT2D eigenvalue weighted by Gasteiger charge is 2.37. The van der Waals surface area contributed by atoms with Crippen molar-refractivity contribution in [1.29, 1.82) is 0 Å². The Labute approximate surface area is 202 Å². The summed E-state index contributed by atoms with van der Waals surface area (Å²) in [6, 6.07) is 6.91. The van der Waals surface area contributed by atoms with Gasteiger partial charge < -0.3 is 14.3 Å². The van der Waals surface area contributed by atoms with Gasteiger partial charge in [-0.2, -0.15) is 4.31 Å². The second-order valence-corrected chi connectivity index (χ2v) is 11.6. The summed E-state index contributed by atoms with van der Waals surface area (Å²) < 4.78 is 38.0. The Kier molecular flexibility index (Phi) is 8.54. The van der Waals surface area contributed by atoms with Crippen molar-refractivity contribution >= 4 is 16.0 Å². The largest absolute Gasteiger partial charge is 0.480 e. The zero-order valence-electron chi connectivity index (χ0n) is 20.7. The number of carboxylic acids is 1. The first-order valence-corrected chi connectivity index (χ1v) is 13.6. The summed E-state index contributed by atoms with van der Waals surface area (Å²) in [7, 11) is -3.67. The van der Waals surface area contributed by atoms with Gasteiger partial charge in [-0.25, -0.2) is 13.4 Å². The molecule has 0 radical (unpaired) electrons. The van der Waals surface area contributed by atoms with Gasteiger partial charge in [0.15, 0.2) is 0 Å². The number of carbonyl (C=O) groups is 1. The minimum Gasteiger partial charge on any atom is -0.480 e. The van der Waals surface area contributed by atoms with E-state index in [4.69, 9.17) is 9.15 Å². The van der Waals surface area contributed by atoms with Gasteiger partial charge in [-0.1, -0.05) is 38.0 Å². The predicted octanol–water partition coefficient (Wildman–Crippen LogP) is 4.40. The van der Waals surface area contributed by atoms with Crippen molar-refractivity contribution in [2.75, 3.05) is 12.8 Å². The molecule has 1 aromatic carbocycles. The van der Waals surface area contributed by atoms with Crippen molar-refractivity contribution in [3.63, 3.8) is 0 Å². The number of aryl methyl sites for hydroxylation is 2. The van der Waals surface area contributed by atoms with E-state index in [2.05, 4.69) is 4.98 Å². The number of hydrogen-bond donors (Lipinski definition) is 1. The normalized spacial score (nSPS) is 20.1. The summed E-state index contributed by atoms with van der Waals surface area (Å²) in [6.07, 6.45) is 4.35. The number of aliphatic carboxylic acids is 1. The maximum absolute atomic E-state index is 12.4. The van der Waals surface area contributed by atoms with Crippen molar-refractivity contribution in [2.45, 2.75) is 72.1 Å². The summed E-state index contributed by atoms with van der Waals surface area (Å²) in [5.41, 5.74) is 2.83. The Morgan fingerprint density at radius 2 is 1.91 bits per heavy atom. The van der Waals surface area contributed by atoms with Gasteiger partial charge in [-0.15, -0.1) is 0 Å². The van der Waals surface area contributed by atoms with Crippen LogP contribution in [0.15, 0.2) is 28.7 Å². The van der Waals surface area contributed by atoms with Gasteiger partial charge in [0.25, 0.3) is 0 Å². The van der Waals surface area contributed by atoms with E-state index in [1.54, 1.807) is 13.8 Å². The van der Waals surface area contributed by atoms with Crippen molar-refractivity contribution in [1.82, 2.24) is 9.29 Å². The molecule has 1 N–H and O–H groups in total. The van der Waals surface area contributed by atoms with Gasteiger partial charge in [-0.3, -0.25) is 4.79 Å². The molecule has 0 aliphatic heterocycles. The molecule has 1 heterocycles. The van der Waals surface area contributed by atoms with Crippen molar-refractivity contribution < 1.29 is 27.5 Å². The molecule has 2 aromatic rings. The quantitative estimate of drug-likeness (QED) is 0.523. The third kappa shape index (κ3) is 6.67. The molecule has 1 aliphatic carbocycles. The van der Waals surface area contributed by atoms with Crippen LogP contribution in [0.3, 0.4) is 0 Å². The molecule has 0 amide bonds. The summed E-state index contributed by atoms with van der Waals surface area (Å²) in [6.45, 7) is 7.87. The van der Waals surface area contributed by atoms with E-state index in [0.29, 0.717) is 24.7 Å². The van der Waals surface area contributed by atoms with Crippen molar-refractivity contribution in [2.24, 2.45) is 11.8 Å². The third-order valence-electron chi connectivity index (χ3n) is 6.44. The highest BCUT2D eigenvalue weighted by Crippen LogP contribution is 2.30. The monoisotopic (exact) mass is 492 g/mol. The van der Waals surface area contributed by atoms with Gasteiger partial charge in [0.2, 0.25) is 15.9 Å². The zero-order chi connectivity index (χ0) is 25.0. The highest BCUT2D eigenvalue weighted by molar-refractivity contribution is 7.88. The summed E-state index contributed by atoms with van der Waals surface area (Å²) in [5.74, 6) is -0.131. The minimum atomic E-state index is -3.67. The number of aromatic nitrogens is 1. The van der Waals surface area contributed by atoms with Crippen LogP contribution in [-0.2, 0) is 26.2 Å². The molecular formula is C25H36N2O6S. The van der Waals surface area contributed by atoms with E-state index in [1.165, 1.54) is 5.56 Å². The third-order valence-corrected chi connectivity index (χ3v) is 7.67. The lowest BCUT2D eigenvalue weighted by atomic mass is 9.86. The minimum absolute atomic E-state index is 0.0376. The topological polar surface area (TPSA) is 110 Å². The maximum atomic E-state index is 12.4. The fourth-order valence-electron chi connectivity index (χ4n) is 4.59. The molecule has 1 saturated carbocycles. The molecule has 9 heteroatoms. The van der Waals surface area contributed by atoms with Crippen LogP contribution >= 0.6 is 0 Å². The number of hydrogen-bond acceptors (Lipinski definition) is 6. The van der Waals surface area contributed by atoms with Crippen LogP contribution in [0.2, 0.25) is 0 Å². The molecule has 1 aromatic heterocycles. The van der Waals surface area contributed by atoms with Crippen LogP contribution in [0.5, 0.6) is 0 Å². The van der Waals surface area contributed by atoms with Crippen LogP contribution in [0.25, 0.3) is 11.5 Å². The van der Waals surface area contributed by atoms with Gasteiger partial charge >= 0.3 is 5.97 Å². The van der Waals surface area contributed by atoms with E-state index < -0.39 is 22.0 Å². The Hall–Kier alpha value is -2.23. The number of nitrogens with zero attached hydrogens (tertiary/aromatic N) is 2. The molecule has 188 valence electrons. The lowest BCUT2D eigenvalue weighted by Crippen LogP contribution is -2.50. The zero-order valence-corrected chi connectivity index (χ0v) is 21.5. The highest BCUT2D eigenvalue weighted by atomic mass is 32.2. The Morgan fingerprint density at radius 1 is 1.24 bits per heavy atom. The number of sulfonamides is 1. The molecule has 1 fully saturated rings. The standard InChI is InChI=1S/C25H36N2O6S/c1-16(2)23(25(28)29)27(34(5,30)31)14-19-7-6-8-21(13-19)32-15-22-18(4)33-24(26-22)20-11-9-17(3)10-12-20/h9-12,16,19,21,23H,6-8,13-15H2,1-5H3,(H,28,29). The number of oxazole rings is 1. The molecule has 0 bridgehead atoms. The SMILES string of the molecule is Cc1ccc(-c2nc(COC3CCCC(CN(C(C(=O)O)C(C)C)S(C)(=O)=O)C3)c(C)o2)cc1. The molecule has 3 atom stereocenters. The molecule has 1 aliphatic rings. The lowest BCUT2D eigenvalue weighted by Gasteiger charge is -2.35. The Morgan fingerprint density at radius 3 is 2.50 bits per heavy atom. The maximum Gasteiger partial charge on any atom is 0.322 e. The Bertz CT molecular complexity index is 1080. The number of ether oxygens (including phenoxy) is 1. The van der Waals surface area contributed by atoms with E-state index >= 15 is 0 Å². The first-order chi connectivity index (χ1) is 16.0. The average Bonchev–Trinajstić information content (AvgIpc) is 3.12. The van der Waals surface area contributed by atoms with E-state index in [9.17, 15) is 18.3 Å². The van der Waals surface area contributed by atoms with Crippen LogP contribution < -0.4 is 0 Å². The number of rotatable bonds is 10. The second kappa shape index (κ2) is 11.0. The van der Waals surface area contributed by atoms with Gasteiger partial charge in [0, 0.05) is 12.1 Å². The summed E-state index contributed by atoms with van der Waals surface area (Å²) >= 11 is 0. The number of benzene rings is 1.